The largest absolute Gasteiger partial charge is 0.479 e. The minimum atomic E-state index is -0.651. The highest BCUT2D eigenvalue weighted by Crippen LogP contribution is 2.18. The smallest absolute Gasteiger partial charge is 0.272 e. The van der Waals surface area contributed by atoms with E-state index in [0.717, 1.165) is 11.6 Å². The average Bonchev–Trinajstić information content (AvgIpc) is 2.67. The van der Waals surface area contributed by atoms with Crippen molar-refractivity contribution < 1.29 is 13.9 Å². The van der Waals surface area contributed by atoms with Crippen LogP contribution in [0.15, 0.2) is 48.9 Å². The summed E-state index contributed by atoms with van der Waals surface area (Å²) in [6.45, 7) is 0. The fourth-order valence-electron chi connectivity index (χ4n) is 2.04. The van der Waals surface area contributed by atoms with Gasteiger partial charge in [0.25, 0.3) is 5.91 Å². The molecule has 0 spiro atoms. The Morgan fingerprint density at radius 3 is 2.42 bits per heavy atom. The number of carbonyl (C=O) groups is 1. The zero-order valence-electron chi connectivity index (χ0n) is 13.5. The molecule has 0 atom stereocenters. The number of hydrogen-bond acceptors (Lipinski definition) is 6. The highest BCUT2D eigenvalue weighted by molar-refractivity contribution is 6.30. The first-order valence-corrected chi connectivity index (χ1v) is 7.78. The number of rotatable bonds is 5. The third-order valence-electron chi connectivity index (χ3n) is 3.34. The van der Waals surface area contributed by atoms with Crippen molar-refractivity contribution in [2.45, 2.75) is 0 Å². The van der Waals surface area contributed by atoms with Gasteiger partial charge in [0, 0.05) is 29.0 Å². The molecule has 3 rings (SSSR count). The van der Waals surface area contributed by atoms with Gasteiger partial charge in [0.05, 0.1) is 24.6 Å². The molecule has 3 aromatic rings. The molecule has 0 saturated carbocycles. The molecule has 0 aliphatic carbocycles. The number of amides is 1. The maximum absolute atomic E-state index is 13.6. The minimum Gasteiger partial charge on any atom is -0.479 e. The lowest BCUT2D eigenvalue weighted by Gasteiger charge is -2.09. The Balaban J connectivity index is 1.64. The quantitative estimate of drug-likeness (QED) is 0.668. The van der Waals surface area contributed by atoms with E-state index in [2.05, 4.69) is 25.8 Å². The molecule has 26 heavy (non-hydrogen) atoms. The van der Waals surface area contributed by atoms with Crippen molar-refractivity contribution in [1.82, 2.24) is 20.4 Å². The molecule has 132 valence electrons. The van der Waals surface area contributed by atoms with Gasteiger partial charge in [0.2, 0.25) is 5.88 Å². The van der Waals surface area contributed by atoms with E-state index in [1.807, 2.05) is 0 Å². The maximum Gasteiger partial charge on any atom is 0.272 e. The lowest BCUT2D eigenvalue weighted by Crippen LogP contribution is -2.29. The van der Waals surface area contributed by atoms with E-state index in [1.165, 1.54) is 25.7 Å². The SMILES string of the molecule is COc1ncc(NNC(=O)c2cnc(-c3ccc(Cl)cc3)nc2)cc1F. The van der Waals surface area contributed by atoms with Crippen LogP contribution in [0.4, 0.5) is 10.1 Å². The van der Waals surface area contributed by atoms with Crippen molar-refractivity contribution in [2.24, 2.45) is 0 Å². The zero-order chi connectivity index (χ0) is 18.5. The molecular formula is C17H13ClFN5O2. The molecule has 2 aromatic heterocycles. The van der Waals surface area contributed by atoms with E-state index in [0.29, 0.717) is 10.8 Å². The summed E-state index contributed by atoms with van der Waals surface area (Å²) < 4.78 is 18.3. The van der Waals surface area contributed by atoms with Crippen LogP contribution >= 0.6 is 11.6 Å². The van der Waals surface area contributed by atoms with Gasteiger partial charge < -0.3 is 4.74 Å². The van der Waals surface area contributed by atoms with Gasteiger partial charge in [-0.3, -0.25) is 15.6 Å². The molecular weight excluding hydrogens is 361 g/mol. The third-order valence-corrected chi connectivity index (χ3v) is 3.59. The fourth-order valence-corrected chi connectivity index (χ4v) is 2.16. The Morgan fingerprint density at radius 2 is 1.81 bits per heavy atom. The van der Waals surface area contributed by atoms with Crippen molar-refractivity contribution in [3.8, 4) is 17.3 Å². The van der Waals surface area contributed by atoms with Crippen LogP contribution in [0.25, 0.3) is 11.4 Å². The molecule has 1 amide bonds. The number of anilines is 1. The number of hydrazine groups is 1. The summed E-state index contributed by atoms with van der Waals surface area (Å²) in [5, 5.41) is 0.611. The number of carbonyl (C=O) groups excluding carboxylic acids is 1. The molecule has 0 saturated heterocycles. The predicted molar refractivity (Wildman–Crippen MR) is 94.3 cm³/mol. The first kappa shape index (κ1) is 17.6. The second kappa shape index (κ2) is 7.75. The topological polar surface area (TPSA) is 89.0 Å². The number of hydrogen-bond donors (Lipinski definition) is 2. The molecule has 0 bridgehead atoms. The summed E-state index contributed by atoms with van der Waals surface area (Å²) in [5.74, 6) is -0.799. The van der Waals surface area contributed by atoms with E-state index in [-0.39, 0.29) is 17.1 Å². The molecule has 0 fully saturated rings. The van der Waals surface area contributed by atoms with E-state index >= 15 is 0 Å². The number of ether oxygens (including phenoxy) is 1. The van der Waals surface area contributed by atoms with Gasteiger partial charge in [-0.1, -0.05) is 11.6 Å². The Bertz CT molecular complexity index is 919. The van der Waals surface area contributed by atoms with Crippen LogP contribution in [0, 0.1) is 5.82 Å². The van der Waals surface area contributed by atoms with Crippen LogP contribution in [0.2, 0.25) is 5.02 Å². The average molecular weight is 374 g/mol. The van der Waals surface area contributed by atoms with Crippen LogP contribution in [0.3, 0.4) is 0 Å². The Kier molecular flexibility index (Phi) is 5.23. The minimum absolute atomic E-state index is 0.131. The molecule has 1 aromatic carbocycles. The second-order valence-corrected chi connectivity index (χ2v) is 5.53. The van der Waals surface area contributed by atoms with Gasteiger partial charge in [0.15, 0.2) is 11.6 Å². The van der Waals surface area contributed by atoms with Crippen molar-refractivity contribution in [3.63, 3.8) is 0 Å². The highest BCUT2D eigenvalue weighted by atomic mass is 35.5. The lowest BCUT2D eigenvalue weighted by molar-refractivity contribution is 0.0962. The van der Waals surface area contributed by atoms with E-state index in [1.54, 1.807) is 24.3 Å². The van der Waals surface area contributed by atoms with Gasteiger partial charge in [-0.05, 0) is 24.3 Å². The van der Waals surface area contributed by atoms with Crippen molar-refractivity contribution in [3.05, 3.63) is 65.3 Å². The van der Waals surface area contributed by atoms with Gasteiger partial charge in [-0.2, -0.15) is 0 Å². The number of aromatic nitrogens is 3. The van der Waals surface area contributed by atoms with Crippen LogP contribution in [-0.2, 0) is 0 Å². The molecule has 0 radical (unpaired) electrons. The molecule has 0 aliphatic rings. The lowest BCUT2D eigenvalue weighted by atomic mass is 10.2. The second-order valence-electron chi connectivity index (χ2n) is 5.10. The molecule has 2 heterocycles. The number of pyridine rings is 1. The Labute approximate surface area is 153 Å². The first-order chi connectivity index (χ1) is 12.6. The van der Waals surface area contributed by atoms with E-state index < -0.39 is 11.7 Å². The van der Waals surface area contributed by atoms with Crippen LogP contribution in [0.1, 0.15) is 10.4 Å². The predicted octanol–water partition coefficient (Wildman–Crippen LogP) is 3.10. The maximum atomic E-state index is 13.6. The fraction of sp³-hybridized carbons (Fsp3) is 0.0588. The Morgan fingerprint density at radius 1 is 1.12 bits per heavy atom. The normalized spacial score (nSPS) is 10.3. The molecule has 9 heteroatoms. The molecule has 0 aliphatic heterocycles. The van der Waals surface area contributed by atoms with Gasteiger partial charge >= 0.3 is 0 Å². The number of nitrogens with one attached hydrogen (secondary N) is 2. The number of benzene rings is 1. The van der Waals surface area contributed by atoms with Gasteiger partial charge in [-0.25, -0.2) is 19.3 Å². The summed E-state index contributed by atoms with van der Waals surface area (Å²) in [6, 6.07) is 8.17. The number of methoxy groups -OCH3 is 1. The van der Waals surface area contributed by atoms with Gasteiger partial charge in [0.1, 0.15) is 0 Å². The zero-order valence-corrected chi connectivity index (χ0v) is 14.3. The molecule has 7 nitrogen and oxygen atoms in total. The highest BCUT2D eigenvalue weighted by Gasteiger charge is 2.09. The number of halogens is 2. The summed E-state index contributed by atoms with van der Waals surface area (Å²) in [5.41, 5.74) is 6.24. The summed E-state index contributed by atoms with van der Waals surface area (Å²) >= 11 is 5.84. The Hall–Kier alpha value is -3.26. The molecule has 2 N–H and O–H groups in total. The third kappa shape index (κ3) is 4.04. The number of nitrogens with zero attached hydrogens (tertiary/aromatic N) is 3. The van der Waals surface area contributed by atoms with Crippen molar-refractivity contribution >= 4 is 23.2 Å². The van der Waals surface area contributed by atoms with Crippen LogP contribution < -0.4 is 15.6 Å². The summed E-state index contributed by atoms with van der Waals surface area (Å²) in [7, 11) is 1.31. The van der Waals surface area contributed by atoms with Crippen LogP contribution in [-0.4, -0.2) is 28.0 Å². The summed E-state index contributed by atoms with van der Waals surface area (Å²) in [4.78, 5) is 24.2. The molecule has 0 unspecified atom stereocenters. The monoisotopic (exact) mass is 373 g/mol. The van der Waals surface area contributed by atoms with E-state index in [9.17, 15) is 9.18 Å². The first-order valence-electron chi connectivity index (χ1n) is 7.40. The standard InChI is InChI=1S/C17H13ClFN5O2/c1-26-17-14(19)6-13(9-22-17)23-24-16(25)11-7-20-15(21-8-11)10-2-4-12(18)5-3-10/h2-9,23H,1H3,(H,24,25). The van der Waals surface area contributed by atoms with E-state index in [4.69, 9.17) is 16.3 Å². The van der Waals surface area contributed by atoms with Gasteiger partial charge in [-0.15, -0.1) is 0 Å². The van der Waals surface area contributed by atoms with Crippen molar-refractivity contribution in [2.75, 3.05) is 12.5 Å². The van der Waals surface area contributed by atoms with Crippen molar-refractivity contribution in [1.29, 1.82) is 0 Å². The summed E-state index contributed by atoms with van der Waals surface area (Å²) in [6.07, 6.45) is 4.10. The van der Waals surface area contributed by atoms with Crippen LogP contribution in [0.5, 0.6) is 5.88 Å².